The SMILES string of the molecule is Cc1ccc(CC#N)c(-c2cccc(Cl)c2Cl)n1. The van der Waals surface area contributed by atoms with Crippen LogP contribution in [0, 0.1) is 18.3 Å². The van der Waals surface area contributed by atoms with E-state index in [1.54, 1.807) is 6.07 Å². The van der Waals surface area contributed by atoms with E-state index in [-0.39, 0.29) is 0 Å². The number of nitrogens with zero attached hydrogens (tertiary/aromatic N) is 2. The van der Waals surface area contributed by atoms with Gasteiger partial charge in [0.25, 0.3) is 0 Å². The molecule has 4 heteroatoms. The van der Waals surface area contributed by atoms with E-state index in [1.165, 1.54) is 0 Å². The van der Waals surface area contributed by atoms with Gasteiger partial charge in [-0.05, 0) is 24.6 Å². The molecule has 1 aromatic carbocycles. The zero-order valence-electron chi connectivity index (χ0n) is 9.74. The predicted molar refractivity (Wildman–Crippen MR) is 73.7 cm³/mol. The van der Waals surface area contributed by atoms with Crippen LogP contribution < -0.4 is 0 Å². The number of aromatic nitrogens is 1. The highest BCUT2D eigenvalue weighted by Gasteiger charge is 2.12. The van der Waals surface area contributed by atoms with Gasteiger partial charge < -0.3 is 0 Å². The number of pyridine rings is 1. The fraction of sp³-hybridized carbons (Fsp3) is 0.143. The number of benzene rings is 1. The highest BCUT2D eigenvalue weighted by atomic mass is 35.5. The first-order valence-electron chi connectivity index (χ1n) is 5.41. The van der Waals surface area contributed by atoms with Crippen LogP contribution >= 0.6 is 23.2 Å². The van der Waals surface area contributed by atoms with Crippen LogP contribution in [0.3, 0.4) is 0 Å². The van der Waals surface area contributed by atoms with Crippen LogP contribution in [0.25, 0.3) is 11.3 Å². The Morgan fingerprint density at radius 2 is 2.00 bits per heavy atom. The van der Waals surface area contributed by atoms with Crippen molar-refractivity contribution < 1.29 is 0 Å². The molecule has 0 spiro atoms. The molecule has 0 saturated carbocycles. The maximum atomic E-state index is 8.85. The summed E-state index contributed by atoms with van der Waals surface area (Å²) in [5.74, 6) is 0. The number of nitriles is 1. The fourth-order valence-corrected chi connectivity index (χ4v) is 2.12. The van der Waals surface area contributed by atoms with Gasteiger partial charge in [0.05, 0.1) is 28.2 Å². The summed E-state index contributed by atoms with van der Waals surface area (Å²) < 4.78 is 0. The van der Waals surface area contributed by atoms with Crippen LogP contribution in [0.5, 0.6) is 0 Å². The van der Waals surface area contributed by atoms with Crippen molar-refractivity contribution in [1.82, 2.24) is 4.98 Å². The molecule has 18 heavy (non-hydrogen) atoms. The summed E-state index contributed by atoms with van der Waals surface area (Å²) in [6.45, 7) is 1.90. The van der Waals surface area contributed by atoms with E-state index in [9.17, 15) is 0 Å². The topological polar surface area (TPSA) is 36.7 Å². The molecule has 0 aliphatic rings. The zero-order chi connectivity index (χ0) is 13.1. The van der Waals surface area contributed by atoms with Gasteiger partial charge in [0, 0.05) is 11.3 Å². The molecule has 0 N–H and O–H groups in total. The number of rotatable bonds is 2. The Bertz CT molecular complexity index is 630. The second-order valence-electron chi connectivity index (χ2n) is 3.90. The monoisotopic (exact) mass is 276 g/mol. The van der Waals surface area contributed by atoms with Crippen LogP contribution in [0.4, 0.5) is 0 Å². The third kappa shape index (κ3) is 2.48. The highest BCUT2D eigenvalue weighted by Crippen LogP contribution is 2.34. The normalized spacial score (nSPS) is 10.1. The molecule has 0 bridgehead atoms. The number of aryl methyl sites for hydroxylation is 1. The molecule has 2 aromatic rings. The summed E-state index contributed by atoms with van der Waals surface area (Å²) in [5.41, 5.74) is 3.22. The standard InChI is InChI=1S/C14H10Cl2N2/c1-9-5-6-10(7-8-17)14(18-9)11-3-2-4-12(15)13(11)16/h2-6H,7H2,1H3. The van der Waals surface area contributed by atoms with Crippen molar-refractivity contribution in [3.63, 3.8) is 0 Å². The van der Waals surface area contributed by atoms with Crippen LogP contribution in [0.15, 0.2) is 30.3 Å². The fourth-order valence-electron chi connectivity index (χ4n) is 1.73. The van der Waals surface area contributed by atoms with Gasteiger partial charge in [-0.15, -0.1) is 0 Å². The number of halogens is 2. The minimum atomic E-state index is 0.297. The third-order valence-corrected chi connectivity index (χ3v) is 3.41. The van der Waals surface area contributed by atoms with Crippen molar-refractivity contribution in [1.29, 1.82) is 5.26 Å². The van der Waals surface area contributed by atoms with Crippen LogP contribution in [-0.4, -0.2) is 4.98 Å². The van der Waals surface area contributed by atoms with Crippen LogP contribution in [0.1, 0.15) is 11.3 Å². The van der Waals surface area contributed by atoms with Gasteiger partial charge in [0.2, 0.25) is 0 Å². The highest BCUT2D eigenvalue weighted by molar-refractivity contribution is 6.43. The molecule has 2 rings (SSSR count). The first kappa shape index (κ1) is 12.9. The molecule has 0 fully saturated rings. The Labute approximate surface area is 116 Å². The minimum Gasteiger partial charge on any atom is -0.253 e. The molecule has 2 nitrogen and oxygen atoms in total. The Morgan fingerprint density at radius 1 is 1.22 bits per heavy atom. The van der Waals surface area contributed by atoms with E-state index >= 15 is 0 Å². The van der Waals surface area contributed by atoms with Crippen LogP contribution in [-0.2, 0) is 6.42 Å². The summed E-state index contributed by atoms with van der Waals surface area (Å²) in [6.07, 6.45) is 0.297. The van der Waals surface area contributed by atoms with Crippen molar-refractivity contribution in [2.45, 2.75) is 13.3 Å². The van der Waals surface area contributed by atoms with Gasteiger partial charge in [-0.1, -0.05) is 41.4 Å². The molecular weight excluding hydrogens is 267 g/mol. The molecule has 0 amide bonds. The molecular formula is C14H10Cl2N2. The molecule has 0 aliphatic carbocycles. The molecule has 1 aromatic heterocycles. The molecule has 0 aliphatic heterocycles. The maximum Gasteiger partial charge on any atom is 0.0763 e. The number of hydrogen-bond donors (Lipinski definition) is 0. The zero-order valence-corrected chi connectivity index (χ0v) is 11.3. The Balaban J connectivity index is 2.66. The lowest BCUT2D eigenvalue weighted by molar-refractivity contribution is 1.14. The third-order valence-electron chi connectivity index (χ3n) is 2.59. The van der Waals surface area contributed by atoms with E-state index in [0.717, 1.165) is 22.5 Å². The second-order valence-corrected chi connectivity index (χ2v) is 4.68. The van der Waals surface area contributed by atoms with Crippen molar-refractivity contribution in [3.05, 3.63) is 51.6 Å². The van der Waals surface area contributed by atoms with Gasteiger partial charge in [-0.2, -0.15) is 5.26 Å². The average Bonchev–Trinajstić information content (AvgIpc) is 2.35. The molecule has 0 saturated heterocycles. The summed E-state index contributed by atoms with van der Waals surface area (Å²) >= 11 is 12.2. The summed E-state index contributed by atoms with van der Waals surface area (Å²) in [6, 6.07) is 11.3. The quantitative estimate of drug-likeness (QED) is 0.814. The van der Waals surface area contributed by atoms with Gasteiger partial charge in [-0.3, -0.25) is 4.98 Å². The smallest absolute Gasteiger partial charge is 0.0763 e. The lowest BCUT2D eigenvalue weighted by Crippen LogP contribution is -1.95. The molecule has 90 valence electrons. The predicted octanol–water partition coefficient (Wildman–Crippen LogP) is 4.43. The van der Waals surface area contributed by atoms with Crippen molar-refractivity contribution in [2.75, 3.05) is 0 Å². The van der Waals surface area contributed by atoms with Gasteiger partial charge in [0.1, 0.15) is 0 Å². The molecule has 0 atom stereocenters. The van der Waals surface area contributed by atoms with Gasteiger partial charge in [-0.25, -0.2) is 0 Å². The van der Waals surface area contributed by atoms with Gasteiger partial charge >= 0.3 is 0 Å². The summed E-state index contributed by atoms with van der Waals surface area (Å²) in [7, 11) is 0. The lowest BCUT2D eigenvalue weighted by Gasteiger charge is -2.10. The largest absolute Gasteiger partial charge is 0.253 e. The Kier molecular flexibility index (Phi) is 3.86. The van der Waals surface area contributed by atoms with E-state index in [1.807, 2.05) is 31.2 Å². The molecule has 0 unspecified atom stereocenters. The van der Waals surface area contributed by atoms with E-state index in [2.05, 4.69) is 11.1 Å². The lowest BCUT2D eigenvalue weighted by atomic mass is 10.0. The van der Waals surface area contributed by atoms with Gasteiger partial charge in [0.15, 0.2) is 0 Å². The Hall–Kier alpha value is -1.56. The van der Waals surface area contributed by atoms with E-state index in [4.69, 9.17) is 28.5 Å². The maximum absolute atomic E-state index is 8.85. The number of hydrogen-bond acceptors (Lipinski definition) is 2. The second kappa shape index (κ2) is 5.39. The summed E-state index contributed by atoms with van der Waals surface area (Å²) in [5, 5.41) is 9.80. The van der Waals surface area contributed by atoms with Crippen molar-refractivity contribution in [3.8, 4) is 17.3 Å². The molecule has 0 radical (unpaired) electrons. The first-order valence-corrected chi connectivity index (χ1v) is 6.17. The van der Waals surface area contributed by atoms with E-state index in [0.29, 0.717) is 16.5 Å². The first-order chi connectivity index (χ1) is 8.63. The molecule has 1 heterocycles. The summed E-state index contributed by atoms with van der Waals surface area (Å²) in [4.78, 5) is 4.47. The average molecular weight is 277 g/mol. The Morgan fingerprint density at radius 3 is 2.72 bits per heavy atom. The van der Waals surface area contributed by atoms with Crippen molar-refractivity contribution >= 4 is 23.2 Å². The minimum absolute atomic E-state index is 0.297. The van der Waals surface area contributed by atoms with Crippen LogP contribution in [0.2, 0.25) is 10.0 Å². The van der Waals surface area contributed by atoms with E-state index < -0.39 is 0 Å². The van der Waals surface area contributed by atoms with Crippen molar-refractivity contribution in [2.24, 2.45) is 0 Å².